The van der Waals surface area contributed by atoms with E-state index in [-0.39, 0.29) is 55.7 Å². The van der Waals surface area contributed by atoms with Gasteiger partial charge in [-0.05, 0) is 110 Å². The lowest BCUT2D eigenvalue weighted by Gasteiger charge is -2.12. The number of benzene rings is 5. The second-order valence-electron chi connectivity index (χ2n) is 12.9. The molecule has 0 heterocycles. The number of carbonyl (C=O) groups excluding carboxylic acids is 6. The lowest BCUT2D eigenvalue weighted by atomic mass is 10.1. The maximum atomic E-state index is 13.1. The molecule has 0 aliphatic rings. The van der Waals surface area contributed by atoms with Crippen molar-refractivity contribution >= 4 is 116 Å². The van der Waals surface area contributed by atoms with E-state index in [1.54, 1.807) is 36.4 Å². The van der Waals surface area contributed by atoms with Crippen LogP contribution in [0.15, 0.2) is 130 Å². The van der Waals surface area contributed by atoms with Gasteiger partial charge in [0, 0.05) is 34.5 Å². The summed E-state index contributed by atoms with van der Waals surface area (Å²) in [5.41, 5.74) is 3.61. The fourth-order valence-corrected chi connectivity index (χ4v) is 6.04. The zero-order chi connectivity index (χ0) is 43.3. The Labute approximate surface area is 363 Å². The molecule has 2 atom stereocenters. The molecule has 0 spiro atoms. The summed E-state index contributed by atoms with van der Waals surface area (Å²) in [6.45, 7) is 2.35. The molecule has 5 aromatic rings. The normalized spacial score (nSPS) is 12.1. The maximum Gasteiger partial charge on any atom is 0.258 e. The first-order valence-electron chi connectivity index (χ1n) is 17.8. The van der Waals surface area contributed by atoms with E-state index in [4.69, 9.17) is 46.4 Å². The van der Waals surface area contributed by atoms with E-state index in [1.807, 2.05) is 12.1 Å². The third-order valence-electron chi connectivity index (χ3n) is 8.33. The lowest BCUT2D eigenvalue weighted by Crippen LogP contribution is -2.32. The number of hydrogen-bond acceptors (Lipinski definition) is 10. The highest BCUT2D eigenvalue weighted by molar-refractivity contribution is 6.35. The van der Waals surface area contributed by atoms with Crippen LogP contribution in [0.25, 0.3) is 0 Å². The maximum absolute atomic E-state index is 13.1. The Bertz CT molecular complexity index is 2340. The highest BCUT2D eigenvalue weighted by Crippen LogP contribution is 2.27. The average Bonchev–Trinajstić information content (AvgIpc) is 3.22. The third-order valence-corrected chi connectivity index (χ3v) is 9.61. The van der Waals surface area contributed by atoms with Gasteiger partial charge in [0.15, 0.2) is 11.6 Å². The molecule has 0 saturated carbocycles. The highest BCUT2D eigenvalue weighted by atomic mass is 35.5. The van der Waals surface area contributed by atoms with Crippen molar-refractivity contribution in [1.82, 2.24) is 0 Å². The summed E-state index contributed by atoms with van der Waals surface area (Å²) >= 11 is 24.4. The van der Waals surface area contributed by atoms with Gasteiger partial charge in [-0.15, -0.1) is 23.2 Å². The molecule has 4 amide bonds. The molecule has 0 bridgehead atoms. The Morgan fingerprint density at radius 2 is 0.883 bits per heavy atom. The molecule has 5 rings (SSSR count). The first kappa shape index (κ1) is 44.8. The van der Waals surface area contributed by atoms with Crippen molar-refractivity contribution in [2.45, 2.75) is 37.7 Å². The first-order valence-corrected chi connectivity index (χ1v) is 19.6. The minimum atomic E-state index is -1.54. The number of amides is 4. The Hall–Kier alpha value is -6.32. The summed E-state index contributed by atoms with van der Waals surface area (Å²) in [6.07, 6.45) is 0. The zero-order valence-electron chi connectivity index (χ0n) is 31.7. The van der Waals surface area contributed by atoms with E-state index in [9.17, 15) is 28.8 Å². The van der Waals surface area contributed by atoms with E-state index in [2.05, 4.69) is 41.7 Å². The standard InChI is InChI=1S/C42H34Cl4N8O6/c1-23(55)37(53-51-31-13-15-35(45)33(19-31)39(57)49-29-7-3-5-25(17-29)21-43)41(59)47-27-9-11-28(12-10-27)48-42(60)38(24(2)56)54-52-32-14-16-36(46)34(20-32)40(58)50-30-8-4-6-26(18-30)22-44/h3-20,37-38H,21-22H2,1-2H3,(H,47,59)(H,48,60)(H,49,57)(H,50,58). The number of nitrogens with one attached hydrogen (secondary N) is 4. The molecule has 0 aliphatic heterocycles. The van der Waals surface area contributed by atoms with Gasteiger partial charge in [-0.25, -0.2) is 0 Å². The number of hydrogen-bond donors (Lipinski definition) is 4. The van der Waals surface area contributed by atoms with E-state index in [0.717, 1.165) is 11.1 Å². The molecule has 0 radical (unpaired) electrons. The van der Waals surface area contributed by atoms with Crippen molar-refractivity contribution in [3.05, 3.63) is 141 Å². The quantitative estimate of drug-likeness (QED) is 0.0431. The van der Waals surface area contributed by atoms with Crippen LogP contribution in [0, 0.1) is 0 Å². The number of nitrogens with zero attached hydrogens (tertiary/aromatic N) is 4. The summed E-state index contributed by atoms with van der Waals surface area (Å²) in [5, 5.41) is 26.8. The molecule has 60 heavy (non-hydrogen) atoms. The lowest BCUT2D eigenvalue weighted by molar-refractivity contribution is -0.127. The summed E-state index contributed by atoms with van der Waals surface area (Å²) < 4.78 is 0. The van der Waals surface area contributed by atoms with Crippen LogP contribution in [-0.4, -0.2) is 47.3 Å². The Kier molecular flexibility index (Phi) is 15.7. The van der Waals surface area contributed by atoms with E-state index in [0.29, 0.717) is 11.4 Å². The minimum absolute atomic E-state index is 0.0843. The number of carbonyl (C=O) groups is 6. The summed E-state index contributed by atoms with van der Waals surface area (Å²) in [4.78, 5) is 77.1. The molecular weight excluding hydrogens is 854 g/mol. The third kappa shape index (κ3) is 12.3. The van der Waals surface area contributed by atoms with Gasteiger partial charge in [0.05, 0.1) is 32.5 Å². The van der Waals surface area contributed by atoms with Gasteiger partial charge in [-0.3, -0.25) is 28.8 Å². The first-order chi connectivity index (χ1) is 28.7. The number of azo groups is 2. The second kappa shape index (κ2) is 21.1. The van der Waals surface area contributed by atoms with Crippen molar-refractivity contribution in [2.24, 2.45) is 20.5 Å². The van der Waals surface area contributed by atoms with Crippen LogP contribution >= 0.6 is 46.4 Å². The van der Waals surface area contributed by atoms with Crippen LogP contribution in [-0.2, 0) is 30.9 Å². The van der Waals surface area contributed by atoms with Crippen LogP contribution in [0.4, 0.5) is 34.1 Å². The van der Waals surface area contributed by atoms with Crippen LogP contribution in [0.5, 0.6) is 0 Å². The Morgan fingerprint density at radius 3 is 1.23 bits per heavy atom. The van der Waals surface area contributed by atoms with E-state index in [1.165, 1.54) is 74.5 Å². The van der Waals surface area contributed by atoms with E-state index < -0.39 is 47.3 Å². The summed E-state index contributed by atoms with van der Waals surface area (Å²) in [5.74, 6) is -3.33. The molecule has 0 aliphatic carbocycles. The summed E-state index contributed by atoms with van der Waals surface area (Å²) in [6, 6.07) is 25.2. The number of anilines is 4. The molecule has 4 N–H and O–H groups in total. The Morgan fingerprint density at radius 1 is 0.500 bits per heavy atom. The van der Waals surface area contributed by atoms with Crippen molar-refractivity contribution in [1.29, 1.82) is 0 Å². The molecule has 14 nitrogen and oxygen atoms in total. The Balaban J connectivity index is 1.20. The topological polar surface area (TPSA) is 200 Å². The van der Waals surface area contributed by atoms with Gasteiger partial charge in [-0.2, -0.15) is 20.5 Å². The monoisotopic (exact) mass is 886 g/mol. The second-order valence-corrected chi connectivity index (χ2v) is 14.3. The van der Waals surface area contributed by atoms with E-state index >= 15 is 0 Å². The highest BCUT2D eigenvalue weighted by Gasteiger charge is 2.25. The fraction of sp³-hybridized carbons (Fsp3) is 0.143. The molecule has 0 saturated heterocycles. The van der Waals surface area contributed by atoms with Crippen LogP contribution in [0.3, 0.4) is 0 Å². The number of halogens is 4. The molecule has 18 heteroatoms. The van der Waals surface area contributed by atoms with Crippen molar-refractivity contribution in [2.75, 3.05) is 21.3 Å². The predicted octanol–water partition coefficient (Wildman–Crippen LogP) is 10.3. The van der Waals surface area contributed by atoms with Gasteiger partial charge in [0.2, 0.25) is 12.1 Å². The van der Waals surface area contributed by atoms with Crippen LogP contribution < -0.4 is 21.3 Å². The predicted molar refractivity (Wildman–Crippen MR) is 232 cm³/mol. The van der Waals surface area contributed by atoms with Gasteiger partial charge < -0.3 is 21.3 Å². The zero-order valence-corrected chi connectivity index (χ0v) is 34.7. The van der Waals surface area contributed by atoms with Crippen molar-refractivity contribution in [3.63, 3.8) is 0 Å². The SMILES string of the molecule is CC(=O)C(N=Nc1ccc(Cl)c(C(=O)Nc2cccc(CCl)c2)c1)C(=O)Nc1ccc(NC(=O)C(N=Nc2ccc(Cl)c(C(=O)Nc3cccc(CCl)c3)c2)C(C)=O)cc1. The van der Waals surface area contributed by atoms with Crippen molar-refractivity contribution < 1.29 is 28.8 Å². The smallest absolute Gasteiger partial charge is 0.258 e. The van der Waals surface area contributed by atoms with Crippen LogP contribution in [0.1, 0.15) is 45.7 Å². The van der Waals surface area contributed by atoms with Gasteiger partial charge in [0.1, 0.15) is 0 Å². The molecular formula is C42H34Cl4N8O6. The number of alkyl halides is 2. The summed E-state index contributed by atoms with van der Waals surface area (Å²) in [7, 11) is 0. The largest absolute Gasteiger partial charge is 0.324 e. The van der Waals surface area contributed by atoms with Gasteiger partial charge in [0.25, 0.3) is 23.6 Å². The molecule has 0 aromatic heterocycles. The fourth-order valence-electron chi connectivity index (χ4n) is 5.30. The number of rotatable bonds is 16. The van der Waals surface area contributed by atoms with Crippen LogP contribution in [0.2, 0.25) is 10.0 Å². The average molecular weight is 889 g/mol. The van der Waals surface area contributed by atoms with Crippen molar-refractivity contribution in [3.8, 4) is 0 Å². The molecule has 2 unspecified atom stereocenters. The molecule has 0 fully saturated rings. The van der Waals surface area contributed by atoms with Gasteiger partial charge in [-0.1, -0.05) is 47.5 Å². The number of Topliss-reactive ketones (excluding diaryl/α,β-unsaturated/α-hetero) is 2. The minimum Gasteiger partial charge on any atom is -0.324 e. The molecule has 5 aromatic carbocycles. The molecule has 306 valence electrons. The van der Waals surface area contributed by atoms with Gasteiger partial charge >= 0.3 is 0 Å². The number of ketones is 2.